The summed E-state index contributed by atoms with van der Waals surface area (Å²) in [5.74, 6) is 0.143. The molecule has 0 aliphatic rings. The number of carbonyl (C=O) groups excluding carboxylic acids is 1. The zero-order valence-electron chi connectivity index (χ0n) is 7.34. The van der Waals surface area contributed by atoms with Gasteiger partial charge in [-0.25, -0.2) is 9.78 Å². The Kier molecular flexibility index (Phi) is 2.63. The minimum Gasteiger partial charge on any atom is -0.341 e. The van der Waals surface area contributed by atoms with Gasteiger partial charge < -0.3 is 5.32 Å². The second-order valence-electron chi connectivity index (χ2n) is 2.44. The monoisotopic (exact) mass is 182 g/mol. The summed E-state index contributed by atoms with van der Waals surface area (Å²) in [5, 5.41) is 4.70. The molecule has 3 N–H and O–H groups in total. The average molecular weight is 182 g/mol. The van der Waals surface area contributed by atoms with Gasteiger partial charge in [-0.1, -0.05) is 0 Å². The Hall–Kier alpha value is -1.85. The van der Waals surface area contributed by atoms with Crippen molar-refractivity contribution in [3.8, 4) is 0 Å². The lowest BCUT2D eigenvalue weighted by Crippen LogP contribution is -2.27. The van der Waals surface area contributed by atoms with E-state index in [1.54, 1.807) is 6.92 Å². The smallest absolute Gasteiger partial charge is 0.321 e. The van der Waals surface area contributed by atoms with E-state index >= 15 is 0 Å². The number of aromatic nitrogens is 2. The number of nitrogens with one attached hydrogen (secondary N) is 3. The molecule has 0 unspecified atom stereocenters. The van der Waals surface area contributed by atoms with Crippen molar-refractivity contribution in [3.63, 3.8) is 0 Å². The van der Waals surface area contributed by atoms with E-state index in [-0.39, 0.29) is 11.5 Å². The van der Waals surface area contributed by atoms with Crippen molar-refractivity contribution in [1.82, 2.24) is 15.3 Å². The summed E-state index contributed by atoms with van der Waals surface area (Å²) < 4.78 is 0. The lowest BCUT2D eigenvalue weighted by Gasteiger charge is -2.02. The van der Waals surface area contributed by atoms with Crippen molar-refractivity contribution in [2.75, 3.05) is 12.4 Å². The zero-order chi connectivity index (χ0) is 9.84. The molecule has 1 heterocycles. The maximum Gasteiger partial charge on any atom is 0.321 e. The molecule has 0 radical (unpaired) electrons. The summed E-state index contributed by atoms with van der Waals surface area (Å²) in [6, 6.07) is 0.920. The van der Waals surface area contributed by atoms with E-state index in [2.05, 4.69) is 20.6 Å². The molecule has 1 aromatic rings. The fraction of sp³-hybridized carbons (Fsp3) is 0.286. The number of hydrogen-bond acceptors (Lipinski definition) is 3. The van der Waals surface area contributed by atoms with Crippen LogP contribution in [0.3, 0.4) is 0 Å². The Morgan fingerprint density at radius 1 is 1.62 bits per heavy atom. The first-order valence-corrected chi connectivity index (χ1v) is 3.68. The molecule has 0 saturated heterocycles. The molecule has 13 heavy (non-hydrogen) atoms. The minimum atomic E-state index is -0.422. The highest BCUT2D eigenvalue weighted by Gasteiger charge is 2.00. The largest absolute Gasteiger partial charge is 0.341 e. The van der Waals surface area contributed by atoms with Crippen LogP contribution >= 0.6 is 0 Å². The summed E-state index contributed by atoms with van der Waals surface area (Å²) in [6.45, 7) is 1.67. The van der Waals surface area contributed by atoms with Crippen LogP contribution in [-0.2, 0) is 0 Å². The van der Waals surface area contributed by atoms with E-state index < -0.39 is 6.03 Å². The van der Waals surface area contributed by atoms with E-state index in [0.29, 0.717) is 5.69 Å². The molecule has 0 saturated carbocycles. The third-order valence-electron chi connectivity index (χ3n) is 1.33. The zero-order valence-corrected chi connectivity index (χ0v) is 7.34. The van der Waals surface area contributed by atoms with E-state index in [4.69, 9.17) is 0 Å². The van der Waals surface area contributed by atoms with Gasteiger partial charge in [0, 0.05) is 18.8 Å². The molecule has 0 aliphatic carbocycles. The van der Waals surface area contributed by atoms with Crippen LogP contribution in [0.15, 0.2) is 10.9 Å². The van der Waals surface area contributed by atoms with Crippen molar-refractivity contribution in [2.45, 2.75) is 6.92 Å². The van der Waals surface area contributed by atoms with Crippen LogP contribution in [-0.4, -0.2) is 23.0 Å². The minimum absolute atomic E-state index is 0.143. The topological polar surface area (TPSA) is 86.9 Å². The van der Waals surface area contributed by atoms with Crippen LogP contribution in [0.5, 0.6) is 0 Å². The lowest BCUT2D eigenvalue weighted by atomic mass is 10.4. The van der Waals surface area contributed by atoms with Gasteiger partial charge >= 0.3 is 6.03 Å². The number of anilines is 1. The van der Waals surface area contributed by atoms with Gasteiger partial charge in [-0.15, -0.1) is 0 Å². The summed E-state index contributed by atoms with van der Waals surface area (Å²) in [6.07, 6.45) is 0. The molecule has 6 nitrogen and oxygen atoms in total. The van der Waals surface area contributed by atoms with Crippen molar-refractivity contribution >= 4 is 12.0 Å². The Morgan fingerprint density at radius 2 is 2.31 bits per heavy atom. The number of aryl methyl sites for hydroxylation is 1. The Labute approximate surface area is 74.4 Å². The third kappa shape index (κ3) is 2.58. The molecular weight excluding hydrogens is 172 g/mol. The van der Waals surface area contributed by atoms with E-state index in [0.717, 1.165) is 0 Å². The first kappa shape index (κ1) is 9.24. The molecule has 1 rings (SSSR count). The number of hydrogen-bond donors (Lipinski definition) is 3. The second kappa shape index (κ2) is 3.70. The van der Waals surface area contributed by atoms with E-state index in [9.17, 15) is 9.59 Å². The molecule has 0 spiro atoms. The molecule has 0 fully saturated rings. The third-order valence-corrected chi connectivity index (χ3v) is 1.33. The number of carbonyl (C=O) groups is 1. The van der Waals surface area contributed by atoms with Crippen LogP contribution in [0.25, 0.3) is 0 Å². The maximum atomic E-state index is 10.9. The van der Waals surface area contributed by atoms with Crippen LogP contribution < -0.4 is 16.2 Å². The highest BCUT2D eigenvalue weighted by molar-refractivity contribution is 5.86. The van der Waals surface area contributed by atoms with Crippen molar-refractivity contribution in [1.29, 1.82) is 0 Å². The van der Waals surface area contributed by atoms with E-state index in [1.165, 1.54) is 13.1 Å². The second-order valence-corrected chi connectivity index (χ2v) is 2.44. The predicted molar refractivity (Wildman–Crippen MR) is 47.7 cm³/mol. The van der Waals surface area contributed by atoms with Crippen molar-refractivity contribution in [3.05, 3.63) is 22.1 Å². The van der Waals surface area contributed by atoms with Gasteiger partial charge in [0.05, 0.1) is 0 Å². The highest BCUT2D eigenvalue weighted by Crippen LogP contribution is 1.94. The SMILES string of the molecule is CNC(=O)Nc1nc(C)cc(=O)[nH]1. The highest BCUT2D eigenvalue weighted by atomic mass is 16.2. The molecule has 0 aromatic carbocycles. The molecule has 0 bridgehead atoms. The number of aromatic amines is 1. The van der Waals surface area contributed by atoms with E-state index in [1.807, 2.05) is 0 Å². The van der Waals surface area contributed by atoms with Gasteiger partial charge in [-0.05, 0) is 6.92 Å². The number of nitrogens with zero attached hydrogens (tertiary/aromatic N) is 1. The van der Waals surface area contributed by atoms with Crippen LogP contribution in [0.2, 0.25) is 0 Å². The molecule has 0 aliphatic heterocycles. The number of rotatable bonds is 1. The van der Waals surface area contributed by atoms with Crippen LogP contribution in [0.4, 0.5) is 10.7 Å². The Bertz CT molecular complexity index is 371. The van der Waals surface area contributed by atoms with Gasteiger partial charge in [0.1, 0.15) is 0 Å². The fourth-order valence-corrected chi connectivity index (χ4v) is 0.808. The van der Waals surface area contributed by atoms with Gasteiger partial charge in [0.25, 0.3) is 5.56 Å². The molecule has 6 heteroatoms. The Morgan fingerprint density at radius 3 is 2.85 bits per heavy atom. The van der Waals surface area contributed by atoms with Crippen molar-refractivity contribution < 1.29 is 4.79 Å². The van der Waals surface area contributed by atoms with Gasteiger partial charge in [-0.2, -0.15) is 0 Å². The summed E-state index contributed by atoms with van der Waals surface area (Å²) >= 11 is 0. The van der Waals surface area contributed by atoms with Gasteiger partial charge in [0.2, 0.25) is 5.95 Å². The standard InChI is InChI=1S/C7H10N4O2/c1-4-3-5(12)10-6(9-4)11-7(13)8-2/h3H,1-2H3,(H3,8,9,10,11,12,13). The normalized spacial score (nSPS) is 9.38. The summed E-state index contributed by atoms with van der Waals surface area (Å²) in [5.41, 5.74) is 0.258. The first-order chi connectivity index (χ1) is 6.11. The molecule has 70 valence electrons. The molecule has 2 amide bonds. The summed E-state index contributed by atoms with van der Waals surface area (Å²) in [7, 11) is 1.48. The molecule has 0 atom stereocenters. The maximum absolute atomic E-state index is 10.9. The molecule has 1 aromatic heterocycles. The van der Waals surface area contributed by atoms with Gasteiger partial charge in [-0.3, -0.25) is 15.1 Å². The number of H-pyrrole nitrogens is 1. The molecular formula is C7H10N4O2. The van der Waals surface area contributed by atoms with Gasteiger partial charge in [0.15, 0.2) is 0 Å². The van der Waals surface area contributed by atoms with Crippen LogP contribution in [0, 0.1) is 6.92 Å². The quantitative estimate of drug-likeness (QED) is 0.563. The lowest BCUT2D eigenvalue weighted by molar-refractivity contribution is 0.254. The summed E-state index contributed by atoms with van der Waals surface area (Å²) in [4.78, 5) is 28.0. The number of urea groups is 1. The average Bonchev–Trinajstić information content (AvgIpc) is 2.02. The Balaban J connectivity index is 2.89. The van der Waals surface area contributed by atoms with Crippen molar-refractivity contribution in [2.24, 2.45) is 0 Å². The fourth-order valence-electron chi connectivity index (χ4n) is 0.808. The first-order valence-electron chi connectivity index (χ1n) is 3.68. The van der Waals surface area contributed by atoms with Crippen LogP contribution in [0.1, 0.15) is 5.69 Å². The number of amides is 2. The predicted octanol–water partition coefficient (Wildman–Crippen LogP) is -0.170.